The maximum Gasteiger partial charge on any atom is 0.405 e. The second-order valence-electron chi connectivity index (χ2n) is 6.59. The average molecular weight is 359 g/mol. The molecular weight excluding hydrogens is 330 g/mol. The minimum absolute atomic E-state index is 0.0128. The third kappa shape index (κ3) is 7.25. The Bertz CT molecular complexity index is 653. The van der Waals surface area contributed by atoms with Gasteiger partial charge in [0, 0.05) is 5.56 Å². The van der Waals surface area contributed by atoms with Crippen molar-refractivity contribution in [1.82, 2.24) is 15.5 Å². The van der Waals surface area contributed by atoms with Gasteiger partial charge in [-0.15, -0.1) is 0 Å². The molecule has 1 aromatic heterocycles. The minimum Gasteiger partial charge on any atom is -0.465 e. The van der Waals surface area contributed by atoms with Crippen molar-refractivity contribution < 1.29 is 14.4 Å². The van der Waals surface area contributed by atoms with Crippen LogP contribution < -0.4 is 5.32 Å². The van der Waals surface area contributed by atoms with E-state index in [1.165, 1.54) is 56.9 Å². The lowest BCUT2D eigenvalue weighted by Crippen LogP contribution is -2.20. The predicted octanol–water partition coefficient (Wildman–Crippen LogP) is 5.19. The summed E-state index contributed by atoms with van der Waals surface area (Å²) >= 11 is 0. The first-order chi connectivity index (χ1) is 12.7. The van der Waals surface area contributed by atoms with Crippen molar-refractivity contribution in [3.8, 4) is 11.4 Å². The number of carboxylic acid groups (broad SMARTS) is 1. The van der Waals surface area contributed by atoms with Gasteiger partial charge in [-0.2, -0.15) is 4.98 Å². The van der Waals surface area contributed by atoms with E-state index in [9.17, 15) is 4.79 Å². The maximum atomic E-state index is 10.5. The second-order valence-corrected chi connectivity index (χ2v) is 6.59. The zero-order valence-corrected chi connectivity index (χ0v) is 15.5. The largest absolute Gasteiger partial charge is 0.465 e. The van der Waals surface area contributed by atoms with Crippen molar-refractivity contribution in [3.63, 3.8) is 0 Å². The van der Waals surface area contributed by atoms with Gasteiger partial charge in [-0.1, -0.05) is 81.3 Å². The van der Waals surface area contributed by atoms with Crippen LogP contribution in [0.3, 0.4) is 0 Å². The Morgan fingerprint density at radius 2 is 1.69 bits per heavy atom. The van der Waals surface area contributed by atoms with Crippen molar-refractivity contribution in [2.45, 2.75) is 71.3 Å². The van der Waals surface area contributed by atoms with Gasteiger partial charge in [-0.05, 0) is 18.4 Å². The fourth-order valence-electron chi connectivity index (χ4n) is 2.88. The zero-order valence-electron chi connectivity index (χ0n) is 15.5. The lowest BCUT2D eigenvalue weighted by molar-refractivity contribution is 0.192. The molecule has 2 N–H and O–H groups in total. The van der Waals surface area contributed by atoms with Crippen LogP contribution in [0.4, 0.5) is 4.79 Å². The van der Waals surface area contributed by atoms with E-state index in [1.54, 1.807) is 0 Å². The lowest BCUT2D eigenvalue weighted by Gasteiger charge is -2.03. The summed E-state index contributed by atoms with van der Waals surface area (Å²) in [7, 11) is 0. The Hall–Kier alpha value is -2.37. The van der Waals surface area contributed by atoms with E-state index in [0.717, 1.165) is 12.0 Å². The molecule has 0 aliphatic rings. The number of carbonyl (C=O) groups is 1. The summed E-state index contributed by atoms with van der Waals surface area (Å²) in [5, 5.41) is 14.7. The topological polar surface area (TPSA) is 88.2 Å². The van der Waals surface area contributed by atoms with Gasteiger partial charge in [-0.3, -0.25) is 0 Å². The summed E-state index contributed by atoms with van der Waals surface area (Å²) in [6.45, 7) is 2.26. The first-order valence-electron chi connectivity index (χ1n) is 9.57. The Morgan fingerprint density at radius 1 is 1.04 bits per heavy atom. The number of amides is 1. The molecule has 1 aromatic carbocycles. The summed E-state index contributed by atoms with van der Waals surface area (Å²) < 4.78 is 5.04. The van der Waals surface area contributed by atoms with Crippen LogP contribution in [0.5, 0.6) is 0 Å². The molecule has 26 heavy (non-hydrogen) atoms. The summed E-state index contributed by atoms with van der Waals surface area (Å²) in [4.78, 5) is 14.7. The highest BCUT2D eigenvalue weighted by Gasteiger charge is 2.09. The molecule has 0 aliphatic heterocycles. The minimum atomic E-state index is -1.12. The molecule has 1 heterocycles. The molecule has 2 rings (SSSR count). The highest BCUT2D eigenvalue weighted by molar-refractivity contribution is 5.64. The van der Waals surface area contributed by atoms with Crippen molar-refractivity contribution >= 4 is 6.09 Å². The number of aryl methyl sites for hydroxylation is 1. The van der Waals surface area contributed by atoms with E-state index in [-0.39, 0.29) is 12.4 Å². The maximum absolute atomic E-state index is 10.5. The monoisotopic (exact) mass is 359 g/mol. The molecular formula is C20H29N3O3. The van der Waals surface area contributed by atoms with Gasteiger partial charge in [0.15, 0.2) is 0 Å². The van der Waals surface area contributed by atoms with Crippen LogP contribution in [-0.4, -0.2) is 21.3 Å². The Labute approximate surface area is 155 Å². The molecule has 0 bridgehead atoms. The predicted molar refractivity (Wildman–Crippen MR) is 101 cm³/mol. The molecule has 0 atom stereocenters. The molecule has 0 radical (unpaired) electrons. The number of nitrogens with one attached hydrogen (secondary N) is 1. The molecule has 142 valence electrons. The van der Waals surface area contributed by atoms with Gasteiger partial charge in [0.1, 0.15) is 6.54 Å². The van der Waals surface area contributed by atoms with Crippen molar-refractivity contribution in [3.05, 3.63) is 35.7 Å². The highest BCUT2D eigenvalue weighted by Crippen LogP contribution is 2.18. The fraction of sp³-hybridized carbons (Fsp3) is 0.550. The third-order valence-corrected chi connectivity index (χ3v) is 4.39. The number of hydrogen-bond donors (Lipinski definition) is 2. The smallest absolute Gasteiger partial charge is 0.405 e. The fourth-order valence-corrected chi connectivity index (χ4v) is 2.88. The molecule has 6 heteroatoms. The van der Waals surface area contributed by atoms with E-state index in [1.807, 2.05) is 12.1 Å². The van der Waals surface area contributed by atoms with Crippen LogP contribution in [-0.2, 0) is 13.0 Å². The first kappa shape index (κ1) is 19.9. The Kier molecular flexibility index (Phi) is 8.66. The number of nitrogens with zero attached hydrogens (tertiary/aromatic N) is 2. The van der Waals surface area contributed by atoms with Crippen molar-refractivity contribution in [1.29, 1.82) is 0 Å². The Morgan fingerprint density at radius 3 is 2.35 bits per heavy atom. The van der Waals surface area contributed by atoms with Crippen LogP contribution in [0, 0.1) is 0 Å². The van der Waals surface area contributed by atoms with E-state index in [2.05, 4.69) is 34.5 Å². The number of hydrogen-bond acceptors (Lipinski definition) is 4. The SMILES string of the molecule is CCCCCCCCCCc1ccc(-c2noc(CNC(=O)O)n2)cc1. The normalized spacial score (nSPS) is 10.8. The van der Waals surface area contributed by atoms with Gasteiger partial charge >= 0.3 is 6.09 Å². The summed E-state index contributed by atoms with van der Waals surface area (Å²) in [5.74, 6) is 0.733. The van der Waals surface area contributed by atoms with Crippen LogP contribution in [0.1, 0.15) is 69.7 Å². The van der Waals surface area contributed by atoms with Crippen molar-refractivity contribution in [2.24, 2.45) is 0 Å². The lowest BCUT2D eigenvalue weighted by atomic mass is 10.0. The zero-order chi connectivity index (χ0) is 18.6. The quantitative estimate of drug-likeness (QED) is 0.509. The molecule has 0 spiro atoms. The molecule has 0 aliphatic carbocycles. The summed E-state index contributed by atoms with van der Waals surface area (Å²) in [5.41, 5.74) is 2.19. The second kappa shape index (κ2) is 11.3. The standard InChI is InChI=1S/C20H29N3O3/c1-2-3-4-5-6-7-8-9-10-16-11-13-17(14-12-16)19-22-18(26-23-19)15-21-20(24)25/h11-14,21H,2-10,15H2,1H3,(H,24,25). The van der Waals surface area contributed by atoms with Gasteiger partial charge in [0.2, 0.25) is 11.7 Å². The molecule has 2 aromatic rings. The molecule has 6 nitrogen and oxygen atoms in total. The van der Waals surface area contributed by atoms with Crippen LogP contribution >= 0.6 is 0 Å². The number of rotatable bonds is 12. The van der Waals surface area contributed by atoms with Gasteiger partial charge in [-0.25, -0.2) is 4.79 Å². The number of aromatic nitrogens is 2. The number of unbranched alkanes of at least 4 members (excludes halogenated alkanes) is 7. The summed E-state index contributed by atoms with van der Waals surface area (Å²) in [6, 6.07) is 8.17. The molecule has 1 amide bonds. The molecule has 0 unspecified atom stereocenters. The first-order valence-corrected chi connectivity index (χ1v) is 9.57. The Balaban J connectivity index is 1.70. The highest BCUT2D eigenvalue weighted by atomic mass is 16.5. The van der Waals surface area contributed by atoms with Gasteiger partial charge in [0.25, 0.3) is 0 Å². The average Bonchev–Trinajstić information content (AvgIpc) is 3.12. The van der Waals surface area contributed by atoms with Crippen LogP contribution in [0.25, 0.3) is 11.4 Å². The number of benzene rings is 1. The van der Waals surface area contributed by atoms with Gasteiger partial charge in [0.05, 0.1) is 0 Å². The molecule has 0 fully saturated rings. The van der Waals surface area contributed by atoms with E-state index >= 15 is 0 Å². The van der Waals surface area contributed by atoms with E-state index in [0.29, 0.717) is 5.82 Å². The van der Waals surface area contributed by atoms with E-state index in [4.69, 9.17) is 9.63 Å². The summed E-state index contributed by atoms with van der Waals surface area (Å²) in [6.07, 6.45) is 10.6. The van der Waals surface area contributed by atoms with Gasteiger partial charge < -0.3 is 14.9 Å². The molecule has 0 saturated carbocycles. The van der Waals surface area contributed by atoms with Crippen LogP contribution in [0.15, 0.2) is 28.8 Å². The van der Waals surface area contributed by atoms with Crippen molar-refractivity contribution in [2.75, 3.05) is 0 Å². The van der Waals surface area contributed by atoms with E-state index < -0.39 is 6.09 Å². The third-order valence-electron chi connectivity index (χ3n) is 4.39. The molecule has 0 saturated heterocycles. The van der Waals surface area contributed by atoms with Crippen LogP contribution in [0.2, 0.25) is 0 Å².